The molecule has 110 valence electrons. The Kier molecular flexibility index (Phi) is 4.37. The fourth-order valence-corrected chi connectivity index (χ4v) is 2.80. The van der Waals surface area contributed by atoms with Gasteiger partial charge in [-0.25, -0.2) is 9.18 Å². The van der Waals surface area contributed by atoms with Crippen molar-refractivity contribution in [2.24, 2.45) is 0 Å². The Morgan fingerprint density at radius 1 is 1.43 bits per heavy atom. The standard InChI is InChI=1S/C15H14FNO3S/c1-9-10(2)21-15(20)17(9)8-12-3-5-13(16)7-11(12)4-6-14(18)19/h3-7H,8H2,1-2H3,(H,18,19). The number of aromatic nitrogens is 1. The van der Waals surface area contributed by atoms with E-state index in [4.69, 9.17) is 5.11 Å². The maximum atomic E-state index is 13.3. The van der Waals surface area contributed by atoms with Crippen LogP contribution in [0.4, 0.5) is 4.39 Å². The van der Waals surface area contributed by atoms with Crippen LogP contribution in [0.2, 0.25) is 0 Å². The minimum atomic E-state index is -1.11. The largest absolute Gasteiger partial charge is 0.478 e. The van der Waals surface area contributed by atoms with E-state index in [1.807, 2.05) is 13.8 Å². The molecule has 0 aliphatic heterocycles. The van der Waals surface area contributed by atoms with Gasteiger partial charge in [-0.2, -0.15) is 0 Å². The van der Waals surface area contributed by atoms with Gasteiger partial charge in [0.25, 0.3) is 0 Å². The van der Waals surface area contributed by atoms with Crippen LogP contribution in [-0.2, 0) is 11.3 Å². The summed E-state index contributed by atoms with van der Waals surface area (Å²) >= 11 is 1.16. The topological polar surface area (TPSA) is 59.3 Å². The smallest absolute Gasteiger partial charge is 0.328 e. The third kappa shape index (κ3) is 3.46. The lowest BCUT2D eigenvalue weighted by atomic mass is 10.1. The van der Waals surface area contributed by atoms with Crippen molar-refractivity contribution in [3.8, 4) is 0 Å². The first-order valence-corrected chi connectivity index (χ1v) is 7.06. The number of aliphatic carboxylic acids is 1. The van der Waals surface area contributed by atoms with Crippen molar-refractivity contribution in [1.29, 1.82) is 0 Å². The molecule has 0 unspecified atom stereocenters. The van der Waals surface area contributed by atoms with Gasteiger partial charge in [-0.05, 0) is 43.2 Å². The van der Waals surface area contributed by atoms with Crippen molar-refractivity contribution in [2.45, 2.75) is 20.4 Å². The van der Waals surface area contributed by atoms with Crippen LogP contribution in [0.1, 0.15) is 21.7 Å². The summed E-state index contributed by atoms with van der Waals surface area (Å²) in [5.74, 6) is -1.56. The van der Waals surface area contributed by atoms with Crippen molar-refractivity contribution < 1.29 is 14.3 Å². The van der Waals surface area contributed by atoms with Gasteiger partial charge in [-0.15, -0.1) is 0 Å². The fourth-order valence-electron chi connectivity index (χ4n) is 1.97. The minimum Gasteiger partial charge on any atom is -0.478 e. The van der Waals surface area contributed by atoms with Crippen molar-refractivity contribution >= 4 is 23.4 Å². The van der Waals surface area contributed by atoms with Crippen LogP contribution in [0.25, 0.3) is 6.08 Å². The van der Waals surface area contributed by atoms with Gasteiger partial charge in [0, 0.05) is 16.6 Å². The molecule has 0 fully saturated rings. The Labute approximate surface area is 124 Å². The second kappa shape index (κ2) is 6.05. The summed E-state index contributed by atoms with van der Waals surface area (Å²) in [6, 6.07) is 4.12. The van der Waals surface area contributed by atoms with Crippen LogP contribution in [-0.4, -0.2) is 15.6 Å². The molecule has 2 aromatic rings. The molecule has 1 N–H and O–H groups in total. The first kappa shape index (κ1) is 15.2. The van der Waals surface area contributed by atoms with E-state index in [0.29, 0.717) is 11.1 Å². The first-order valence-electron chi connectivity index (χ1n) is 6.24. The summed E-state index contributed by atoms with van der Waals surface area (Å²) in [5.41, 5.74) is 2.01. The lowest BCUT2D eigenvalue weighted by molar-refractivity contribution is -0.131. The quantitative estimate of drug-likeness (QED) is 0.884. The molecule has 0 saturated heterocycles. The highest BCUT2D eigenvalue weighted by Crippen LogP contribution is 2.17. The summed E-state index contributed by atoms with van der Waals surface area (Å²) in [7, 11) is 0. The highest BCUT2D eigenvalue weighted by atomic mass is 32.1. The summed E-state index contributed by atoms with van der Waals surface area (Å²) in [6.45, 7) is 4.01. The summed E-state index contributed by atoms with van der Waals surface area (Å²) in [4.78, 5) is 23.4. The zero-order chi connectivity index (χ0) is 15.6. The number of rotatable bonds is 4. The number of halogens is 1. The van der Waals surface area contributed by atoms with Gasteiger partial charge in [-0.3, -0.25) is 9.36 Å². The third-order valence-electron chi connectivity index (χ3n) is 3.22. The van der Waals surface area contributed by atoms with E-state index in [9.17, 15) is 14.0 Å². The molecule has 1 heterocycles. The number of aryl methyl sites for hydroxylation is 1. The van der Waals surface area contributed by atoms with E-state index in [0.717, 1.165) is 28.0 Å². The number of hydrogen-bond donors (Lipinski definition) is 1. The van der Waals surface area contributed by atoms with Gasteiger partial charge in [0.05, 0.1) is 6.54 Å². The third-order valence-corrected chi connectivity index (χ3v) is 4.21. The van der Waals surface area contributed by atoms with Crippen LogP contribution in [0, 0.1) is 19.7 Å². The van der Waals surface area contributed by atoms with Crippen LogP contribution < -0.4 is 4.87 Å². The second-order valence-electron chi connectivity index (χ2n) is 4.61. The van der Waals surface area contributed by atoms with Gasteiger partial charge in [0.1, 0.15) is 5.82 Å². The maximum absolute atomic E-state index is 13.3. The molecule has 0 spiro atoms. The zero-order valence-electron chi connectivity index (χ0n) is 11.6. The van der Waals surface area contributed by atoms with Gasteiger partial charge in [0.2, 0.25) is 0 Å². The number of nitrogens with zero attached hydrogens (tertiary/aromatic N) is 1. The number of carboxylic acid groups (broad SMARTS) is 1. The predicted molar refractivity (Wildman–Crippen MR) is 80.2 cm³/mol. The molecule has 4 nitrogen and oxygen atoms in total. The van der Waals surface area contributed by atoms with E-state index in [1.165, 1.54) is 18.2 Å². The molecule has 0 atom stereocenters. The lowest BCUT2D eigenvalue weighted by Gasteiger charge is -2.09. The molecule has 1 aromatic heterocycles. The summed E-state index contributed by atoms with van der Waals surface area (Å²) in [5, 5.41) is 8.68. The van der Waals surface area contributed by atoms with E-state index in [2.05, 4.69) is 0 Å². The van der Waals surface area contributed by atoms with Gasteiger partial charge in [-0.1, -0.05) is 17.4 Å². The van der Waals surface area contributed by atoms with Gasteiger partial charge < -0.3 is 5.11 Å². The molecule has 0 amide bonds. The number of thiazole rings is 1. The van der Waals surface area contributed by atoms with Crippen LogP contribution >= 0.6 is 11.3 Å². The zero-order valence-corrected chi connectivity index (χ0v) is 12.4. The van der Waals surface area contributed by atoms with Gasteiger partial charge in [0.15, 0.2) is 0 Å². The fraction of sp³-hybridized carbons (Fsp3) is 0.200. The number of carboxylic acids is 1. The normalized spacial score (nSPS) is 11.2. The predicted octanol–water partition coefficient (Wildman–Crippen LogP) is 2.81. The average Bonchev–Trinajstić information content (AvgIpc) is 2.65. The number of carbonyl (C=O) groups is 1. The van der Waals surface area contributed by atoms with E-state index >= 15 is 0 Å². The molecule has 0 aliphatic rings. The summed E-state index contributed by atoms with van der Waals surface area (Å²) in [6.07, 6.45) is 2.28. The molecule has 1 aromatic carbocycles. The molecular formula is C15H14FNO3S. The van der Waals surface area contributed by atoms with Crippen LogP contribution in [0.5, 0.6) is 0 Å². The molecule has 6 heteroatoms. The average molecular weight is 307 g/mol. The molecule has 2 rings (SSSR count). The van der Waals surface area contributed by atoms with Crippen molar-refractivity contribution in [3.05, 3.63) is 61.5 Å². The minimum absolute atomic E-state index is 0.0810. The van der Waals surface area contributed by atoms with Crippen molar-refractivity contribution in [1.82, 2.24) is 4.57 Å². The summed E-state index contributed by atoms with van der Waals surface area (Å²) < 4.78 is 14.9. The Morgan fingerprint density at radius 3 is 2.71 bits per heavy atom. The highest BCUT2D eigenvalue weighted by molar-refractivity contribution is 7.09. The Hall–Kier alpha value is -2.21. The first-order chi connectivity index (χ1) is 9.88. The Bertz CT molecular complexity index is 774. The SMILES string of the molecule is Cc1sc(=O)n(Cc2ccc(F)cc2C=CC(=O)O)c1C. The molecular weight excluding hydrogens is 293 g/mol. The maximum Gasteiger partial charge on any atom is 0.328 e. The molecule has 21 heavy (non-hydrogen) atoms. The van der Waals surface area contributed by atoms with Gasteiger partial charge >= 0.3 is 10.8 Å². The molecule has 0 aliphatic carbocycles. The van der Waals surface area contributed by atoms with Crippen molar-refractivity contribution in [3.63, 3.8) is 0 Å². The number of benzene rings is 1. The molecule has 0 radical (unpaired) electrons. The second-order valence-corrected chi connectivity index (χ2v) is 5.78. The Balaban J connectivity index is 2.44. The highest BCUT2D eigenvalue weighted by Gasteiger charge is 2.10. The molecule has 0 saturated carbocycles. The number of hydrogen-bond acceptors (Lipinski definition) is 3. The van der Waals surface area contributed by atoms with E-state index in [1.54, 1.807) is 10.6 Å². The molecule has 0 bridgehead atoms. The lowest BCUT2D eigenvalue weighted by Crippen LogP contribution is -2.16. The monoisotopic (exact) mass is 307 g/mol. The van der Waals surface area contributed by atoms with Crippen molar-refractivity contribution in [2.75, 3.05) is 0 Å². The van der Waals surface area contributed by atoms with E-state index in [-0.39, 0.29) is 11.4 Å². The van der Waals surface area contributed by atoms with Crippen LogP contribution in [0.15, 0.2) is 29.1 Å². The Morgan fingerprint density at radius 2 is 2.14 bits per heavy atom. The van der Waals surface area contributed by atoms with Crippen LogP contribution in [0.3, 0.4) is 0 Å². The van der Waals surface area contributed by atoms with E-state index < -0.39 is 11.8 Å².